The minimum atomic E-state index is -0.107. The third kappa shape index (κ3) is 3.15. The quantitative estimate of drug-likeness (QED) is 0.722. The normalized spacial score (nSPS) is 10.6. The highest BCUT2D eigenvalue weighted by Gasteiger charge is 2.16. The van der Waals surface area contributed by atoms with E-state index in [4.69, 9.17) is 11.6 Å². The minimum absolute atomic E-state index is 0.107. The summed E-state index contributed by atoms with van der Waals surface area (Å²) in [5, 5.41) is 3.62. The van der Waals surface area contributed by atoms with Crippen molar-refractivity contribution >= 4 is 23.2 Å². The first-order valence-corrected chi connectivity index (χ1v) is 7.75. The molecule has 3 nitrogen and oxygen atoms in total. The SMILES string of the molecule is Cc1cc(C(=O)Nc2ccccc2)c(C)n1-c1ccc(Cl)cc1. The fourth-order valence-electron chi connectivity index (χ4n) is 2.70. The summed E-state index contributed by atoms with van der Waals surface area (Å²) in [6.45, 7) is 3.93. The molecule has 0 spiro atoms. The first-order chi connectivity index (χ1) is 11.1. The number of nitrogens with zero attached hydrogens (tertiary/aromatic N) is 1. The summed E-state index contributed by atoms with van der Waals surface area (Å²) in [6, 6.07) is 18.9. The monoisotopic (exact) mass is 324 g/mol. The Morgan fingerprint density at radius 3 is 2.30 bits per heavy atom. The van der Waals surface area contributed by atoms with Crippen LogP contribution in [-0.4, -0.2) is 10.5 Å². The van der Waals surface area contributed by atoms with Crippen LogP contribution in [0.5, 0.6) is 0 Å². The van der Waals surface area contributed by atoms with Crippen LogP contribution in [0.1, 0.15) is 21.7 Å². The van der Waals surface area contributed by atoms with Gasteiger partial charge in [-0.15, -0.1) is 0 Å². The molecule has 0 aliphatic carbocycles. The van der Waals surface area contributed by atoms with Gasteiger partial charge in [-0.25, -0.2) is 0 Å². The largest absolute Gasteiger partial charge is 0.322 e. The van der Waals surface area contributed by atoms with Crippen molar-refractivity contribution in [2.24, 2.45) is 0 Å². The maximum absolute atomic E-state index is 12.5. The number of hydrogen-bond donors (Lipinski definition) is 1. The van der Waals surface area contributed by atoms with Gasteiger partial charge in [0.25, 0.3) is 5.91 Å². The van der Waals surface area contributed by atoms with E-state index >= 15 is 0 Å². The Kier molecular flexibility index (Phi) is 4.22. The number of hydrogen-bond acceptors (Lipinski definition) is 1. The van der Waals surface area contributed by atoms with E-state index in [-0.39, 0.29) is 5.91 Å². The molecular formula is C19H17ClN2O. The molecule has 0 bridgehead atoms. The van der Waals surface area contributed by atoms with E-state index in [1.165, 1.54) is 0 Å². The maximum Gasteiger partial charge on any atom is 0.257 e. The Balaban J connectivity index is 1.94. The van der Waals surface area contributed by atoms with Gasteiger partial charge in [0.2, 0.25) is 0 Å². The maximum atomic E-state index is 12.5. The molecular weight excluding hydrogens is 308 g/mol. The number of anilines is 1. The Hall–Kier alpha value is -2.52. The van der Waals surface area contributed by atoms with E-state index in [9.17, 15) is 4.79 Å². The van der Waals surface area contributed by atoms with Crippen LogP contribution in [0, 0.1) is 13.8 Å². The summed E-state index contributed by atoms with van der Waals surface area (Å²) in [4.78, 5) is 12.5. The molecule has 0 saturated heterocycles. The Bertz CT molecular complexity index is 836. The summed E-state index contributed by atoms with van der Waals surface area (Å²) < 4.78 is 2.05. The first kappa shape index (κ1) is 15.4. The molecule has 4 heteroatoms. The van der Waals surface area contributed by atoms with Crippen molar-refractivity contribution in [3.8, 4) is 5.69 Å². The lowest BCUT2D eigenvalue weighted by molar-refractivity contribution is 0.102. The molecule has 1 aromatic heterocycles. The van der Waals surface area contributed by atoms with E-state index in [0.29, 0.717) is 10.6 Å². The van der Waals surface area contributed by atoms with Crippen LogP contribution in [0.15, 0.2) is 60.7 Å². The highest BCUT2D eigenvalue weighted by molar-refractivity contribution is 6.30. The van der Waals surface area contributed by atoms with Crippen LogP contribution in [0.4, 0.5) is 5.69 Å². The second-order valence-corrected chi connectivity index (χ2v) is 5.85. The summed E-state index contributed by atoms with van der Waals surface area (Å²) in [5.74, 6) is -0.107. The van der Waals surface area contributed by atoms with Crippen molar-refractivity contribution in [3.63, 3.8) is 0 Å². The van der Waals surface area contributed by atoms with Crippen molar-refractivity contribution in [1.82, 2.24) is 4.57 Å². The van der Waals surface area contributed by atoms with E-state index in [2.05, 4.69) is 9.88 Å². The molecule has 0 aliphatic heterocycles. The fourth-order valence-corrected chi connectivity index (χ4v) is 2.83. The number of carbonyl (C=O) groups is 1. The van der Waals surface area contributed by atoms with Crippen LogP contribution in [-0.2, 0) is 0 Å². The molecule has 23 heavy (non-hydrogen) atoms. The Labute approximate surface area is 140 Å². The van der Waals surface area contributed by atoms with Gasteiger partial charge in [-0.1, -0.05) is 29.8 Å². The summed E-state index contributed by atoms with van der Waals surface area (Å²) in [6.07, 6.45) is 0. The number of amides is 1. The second-order valence-electron chi connectivity index (χ2n) is 5.42. The van der Waals surface area contributed by atoms with Gasteiger partial charge in [0.15, 0.2) is 0 Å². The number of aryl methyl sites for hydroxylation is 1. The minimum Gasteiger partial charge on any atom is -0.322 e. The van der Waals surface area contributed by atoms with Gasteiger partial charge in [0.05, 0.1) is 5.56 Å². The smallest absolute Gasteiger partial charge is 0.257 e. The van der Waals surface area contributed by atoms with E-state index in [1.54, 1.807) is 0 Å². The van der Waals surface area contributed by atoms with E-state index in [0.717, 1.165) is 22.8 Å². The van der Waals surface area contributed by atoms with Gasteiger partial charge in [-0.3, -0.25) is 4.79 Å². The molecule has 0 aliphatic rings. The second kappa shape index (κ2) is 6.31. The molecule has 1 amide bonds. The zero-order valence-corrected chi connectivity index (χ0v) is 13.8. The highest BCUT2D eigenvalue weighted by atomic mass is 35.5. The molecule has 116 valence electrons. The molecule has 0 atom stereocenters. The summed E-state index contributed by atoms with van der Waals surface area (Å²) >= 11 is 5.95. The molecule has 0 fully saturated rings. The molecule has 0 saturated carbocycles. The van der Waals surface area contributed by atoms with Crippen LogP contribution in [0.25, 0.3) is 5.69 Å². The van der Waals surface area contributed by atoms with Gasteiger partial charge in [0, 0.05) is 27.8 Å². The van der Waals surface area contributed by atoms with Crippen molar-refractivity contribution in [1.29, 1.82) is 0 Å². The fraction of sp³-hybridized carbons (Fsp3) is 0.105. The van der Waals surface area contributed by atoms with Crippen molar-refractivity contribution in [3.05, 3.63) is 82.6 Å². The van der Waals surface area contributed by atoms with E-state index in [1.807, 2.05) is 74.5 Å². The molecule has 2 aromatic carbocycles. The van der Waals surface area contributed by atoms with Crippen molar-refractivity contribution in [2.75, 3.05) is 5.32 Å². The number of rotatable bonds is 3. The zero-order chi connectivity index (χ0) is 16.4. The van der Waals surface area contributed by atoms with Crippen LogP contribution < -0.4 is 5.32 Å². The number of carbonyl (C=O) groups excluding carboxylic acids is 1. The van der Waals surface area contributed by atoms with Crippen molar-refractivity contribution in [2.45, 2.75) is 13.8 Å². The average molecular weight is 325 g/mol. The number of aromatic nitrogens is 1. The third-order valence-corrected chi connectivity index (χ3v) is 4.04. The van der Waals surface area contributed by atoms with Crippen LogP contribution in [0.3, 0.4) is 0 Å². The zero-order valence-electron chi connectivity index (χ0n) is 13.0. The Morgan fingerprint density at radius 1 is 1.00 bits per heavy atom. The van der Waals surface area contributed by atoms with Gasteiger partial charge in [0.1, 0.15) is 0 Å². The molecule has 3 rings (SSSR count). The van der Waals surface area contributed by atoms with Gasteiger partial charge in [-0.05, 0) is 56.3 Å². The molecule has 3 aromatic rings. The topological polar surface area (TPSA) is 34.0 Å². The van der Waals surface area contributed by atoms with E-state index < -0.39 is 0 Å². The first-order valence-electron chi connectivity index (χ1n) is 7.37. The molecule has 0 radical (unpaired) electrons. The number of halogens is 1. The average Bonchev–Trinajstić information content (AvgIpc) is 2.84. The number of benzene rings is 2. The van der Waals surface area contributed by atoms with Crippen LogP contribution in [0.2, 0.25) is 5.02 Å². The molecule has 1 N–H and O–H groups in total. The number of para-hydroxylation sites is 1. The van der Waals surface area contributed by atoms with Gasteiger partial charge >= 0.3 is 0 Å². The lowest BCUT2D eigenvalue weighted by Gasteiger charge is -2.10. The predicted octanol–water partition coefficient (Wildman–Crippen LogP) is 5.00. The summed E-state index contributed by atoms with van der Waals surface area (Å²) in [7, 11) is 0. The Morgan fingerprint density at radius 2 is 1.65 bits per heavy atom. The molecule has 1 heterocycles. The predicted molar refractivity (Wildman–Crippen MR) is 94.6 cm³/mol. The highest BCUT2D eigenvalue weighted by Crippen LogP contribution is 2.23. The third-order valence-electron chi connectivity index (χ3n) is 3.79. The standard InChI is InChI=1S/C19H17ClN2O/c1-13-12-18(19(23)21-16-6-4-3-5-7-16)14(2)22(13)17-10-8-15(20)9-11-17/h3-12H,1-2H3,(H,21,23). The number of nitrogens with one attached hydrogen (secondary N) is 1. The van der Waals surface area contributed by atoms with Crippen molar-refractivity contribution < 1.29 is 4.79 Å². The summed E-state index contributed by atoms with van der Waals surface area (Å²) in [5.41, 5.74) is 4.35. The van der Waals surface area contributed by atoms with Gasteiger partial charge in [-0.2, -0.15) is 0 Å². The van der Waals surface area contributed by atoms with Gasteiger partial charge < -0.3 is 9.88 Å². The van der Waals surface area contributed by atoms with Crippen LogP contribution >= 0.6 is 11.6 Å². The lowest BCUT2D eigenvalue weighted by Crippen LogP contribution is -2.13. The lowest BCUT2D eigenvalue weighted by atomic mass is 10.2. The molecule has 0 unspecified atom stereocenters.